The van der Waals surface area contributed by atoms with E-state index in [0.29, 0.717) is 13.0 Å². The average Bonchev–Trinajstić information content (AvgIpc) is 2.52. The molecule has 0 aromatic rings. The SMILES string of the molecule is CCCCCCCCCCCCOC(=O)CCCCCCC.[SnH2]. The molecule has 2 radical (unpaired) electrons. The minimum absolute atomic E-state index is 0. The van der Waals surface area contributed by atoms with Gasteiger partial charge in [-0.3, -0.25) is 4.79 Å². The van der Waals surface area contributed by atoms with Gasteiger partial charge in [0.15, 0.2) is 0 Å². The van der Waals surface area contributed by atoms with Gasteiger partial charge in [-0.2, -0.15) is 0 Å². The van der Waals surface area contributed by atoms with E-state index in [0.717, 1.165) is 12.8 Å². The van der Waals surface area contributed by atoms with Gasteiger partial charge >= 0.3 is 29.9 Å². The Balaban J connectivity index is 0. The number of hydrogen-bond donors (Lipinski definition) is 0. The van der Waals surface area contributed by atoms with Crippen LogP contribution in [-0.2, 0) is 9.53 Å². The Kier molecular flexibility index (Phi) is 24.7. The summed E-state index contributed by atoms with van der Waals surface area (Å²) in [5, 5.41) is 0. The normalized spacial score (nSPS) is 10.3. The molecule has 138 valence electrons. The van der Waals surface area contributed by atoms with Gasteiger partial charge in [0.1, 0.15) is 0 Å². The van der Waals surface area contributed by atoms with Gasteiger partial charge in [-0.1, -0.05) is 97.3 Å². The number of ether oxygens (including phenoxy) is 1. The first kappa shape index (κ1) is 25.5. The van der Waals surface area contributed by atoms with Gasteiger partial charge in [0.25, 0.3) is 0 Å². The zero-order valence-corrected chi connectivity index (χ0v) is 20.1. The van der Waals surface area contributed by atoms with Gasteiger partial charge in [-0.05, 0) is 12.8 Å². The van der Waals surface area contributed by atoms with Crippen LogP contribution in [0.25, 0.3) is 0 Å². The van der Waals surface area contributed by atoms with Crippen molar-refractivity contribution in [2.45, 2.75) is 117 Å². The van der Waals surface area contributed by atoms with Crippen molar-refractivity contribution in [3.8, 4) is 0 Å². The van der Waals surface area contributed by atoms with Crippen LogP contribution in [-0.4, -0.2) is 36.5 Å². The van der Waals surface area contributed by atoms with Gasteiger partial charge < -0.3 is 4.74 Å². The van der Waals surface area contributed by atoms with Crippen molar-refractivity contribution < 1.29 is 9.53 Å². The summed E-state index contributed by atoms with van der Waals surface area (Å²) in [4.78, 5) is 11.5. The van der Waals surface area contributed by atoms with Crippen molar-refractivity contribution in [1.29, 1.82) is 0 Å². The van der Waals surface area contributed by atoms with E-state index in [1.54, 1.807) is 0 Å². The third-order valence-electron chi connectivity index (χ3n) is 4.25. The number of carbonyl (C=O) groups is 1. The molecule has 0 amide bonds. The Hall–Kier alpha value is 0.269. The maximum absolute atomic E-state index is 11.5. The number of esters is 1. The van der Waals surface area contributed by atoms with E-state index < -0.39 is 0 Å². The van der Waals surface area contributed by atoms with Crippen LogP contribution in [0.1, 0.15) is 117 Å². The molecule has 0 aromatic carbocycles. The summed E-state index contributed by atoms with van der Waals surface area (Å²) in [6.07, 6.45) is 19.8. The summed E-state index contributed by atoms with van der Waals surface area (Å²) < 4.78 is 5.28. The average molecular weight is 433 g/mol. The van der Waals surface area contributed by atoms with Gasteiger partial charge in [0.05, 0.1) is 6.61 Å². The maximum atomic E-state index is 11.5. The third-order valence-corrected chi connectivity index (χ3v) is 4.25. The van der Waals surface area contributed by atoms with E-state index >= 15 is 0 Å². The van der Waals surface area contributed by atoms with Gasteiger partial charge in [-0.15, -0.1) is 0 Å². The second kappa shape index (κ2) is 22.3. The molecular weight excluding hydrogens is 391 g/mol. The Morgan fingerprint density at radius 2 is 1.00 bits per heavy atom. The second-order valence-corrected chi connectivity index (χ2v) is 6.57. The quantitative estimate of drug-likeness (QED) is 0.162. The molecule has 0 rings (SSSR count). The fraction of sp³-hybridized carbons (Fsp3) is 0.950. The van der Waals surface area contributed by atoms with Crippen LogP contribution in [0, 0.1) is 0 Å². The van der Waals surface area contributed by atoms with Crippen LogP contribution in [0.5, 0.6) is 0 Å². The molecule has 0 unspecified atom stereocenters. The Bertz CT molecular complexity index is 232. The summed E-state index contributed by atoms with van der Waals surface area (Å²) in [5.74, 6) is 0.00687. The molecule has 0 fully saturated rings. The fourth-order valence-corrected chi connectivity index (χ4v) is 2.72. The number of rotatable bonds is 17. The van der Waals surface area contributed by atoms with Gasteiger partial charge in [0, 0.05) is 6.42 Å². The van der Waals surface area contributed by atoms with Crippen molar-refractivity contribution in [3.63, 3.8) is 0 Å². The second-order valence-electron chi connectivity index (χ2n) is 6.57. The van der Waals surface area contributed by atoms with Crippen LogP contribution < -0.4 is 0 Å². The standard InChI is InChI=1S/C20H40O2.Sn.2H/c1-3-5-7-9-10-11-12-13-15-17-19-22-20(21)18-16-14-8-6-4-2;;;/h3-19H2,1-2H3;;;. The topological polar surface area (TPSA) is 26.3 Å². The molecule has 0 heterocycles. The molecule has 0 aliphatic carbocycles. The van der Waals surface area contributed by atoms with Crippen LogP contribution in [0.15, 0.2) is 0 Å². The molecule has 0 spiro atoms. The van der Waals surface area contributed by atoms with Crippen molar-refractivity contribution in [3.05, 3.63) is 0 Å². The summed E-state index contributed by atoms with van der Waals surface area (Å²) in [6.45, 7) is 5.10. The Labute approximate surface area is 162 Å². The molecular formula is C20H42O2Sn. The first-order valence-electron chi connectivity index (χ1n) is 9.96. The molecule has 0 aliphatic rings. The van der Waals surface area contributed by atoms with Gasteiger partial charge in [0.2, 0.25) is 0 Å². The zero-order valence-electron chi connectivity index (χ0n) is 16.0. The molecule has 23 heavy (non-hydrogen) atoms. The van der Waals surface area contributed by atoms with Crippen LogP contribution in [0.2, 0.25) is 0 Å². The van der Waals surface area contributed by atoms with E-state index in [1.165, 1.54) is 83.5 Å². The predicted octanol–water partition coefficient (Wildman–Crippen LogP) is 5.89. The molecule has 0 atom stereocenters. The summed E-state index contributed by atoms with van der Waals surface area (Å²) >= 11 is 0. The van der Waals surface area contributed by atoms with E-state index in [-0.39, 0.29) is 29.9 Å². The number of hydrogen-bond acceptors (Lipinski definition) is 2. The number of unbranched alkanes of at least 4 members (excludes halogenated alkanes) is 13. The number of carbonyl (C=O) groups excluding carboxylic acids is 1. The van der Waals surface area contributed by atoms with Gasteiger partial charge in [-0.25, -0.2) is 0 Å². The first-order chi connectivity index (χ1) is 10.8. The summed E-state index contributed by atoms with van der Waals surface area (Å²) in [7, 11) is 0. The minimum atomic E-state index is 0. The van der Waals surface area contributed by atoms with Crippen molar-refractivity contribution in [2.75, 3.05) is 6.61 Å². The van der Waals surface area contributed by atoms with E-state index in [1.807, 2.05) is 0 Å². The Morgan fingerprint density at radius 3 is 1.48 bits per heavy atom. The molecule has 0 aromatic heterocycles. The molecule has 2 nitrogen and oxygen atoms in total. The van der Waals surface area contributed by atoms with Crippen molar-refractivity contribution in [1.82, 2.24) is 0 Å². The molecule has 0 saturated carbocycles. The van der Waals surface area contributed by atoms with Crippen molar-refractivity contribution in [2.24, 2.45) is 0 Å². The molecule has 0 bridgehead atoms. The monoisotopic (exact) mass is 434 g/mol. The summed E-state index contributed by atoms with van der Waals surface area (Å²) in [5.41, 5.74) is 0. The van der Waals surface area contributed by atoms with E-state index in [2.05, 4.69) is 13.8 Å². The van der Waals surface area contributed by atoms with Crippen LogP contribution >= 0.6 is 0 Å². The fourth-order valence-electron chi connectivity index (χ4n) is 2.72. The molecule has 3 heteroatoms. The predicted molar refractivity (Wildman–Crippen MR) is 105 cm³/mol. The molecule has 0 N–H and O–H groups in total. The Morgan fingerprint density at radius 1 is 0.609 bits per heavy atom. The third kappa shape index (κ3) is 22.3. The van der Waals surface area contributed by atoms with E-state index in [9.17, 15) is 4.79 Å². The zero-order chi connectivity index (χ0) is 16.3. The molecule has 0 saturated heterocycles. The van der Waals surface area contributed by atoms with Crippen LogP contribution in [0.3, 0.4) is 0 Å². The van der Waals surface area contributed by atoms with Crippen molar-refractivity contribution >= 4 is 29.9 Å². The summed E-state index contributed by atoms with van der Waals surface area (Å²) in [6, 6.07) is 0. The first-order valence-corrected chi connectivity index (χ1v) is 9.96. The molecule has 0 aliphatic heterocycles. The van der Waals surface area contributed by atoms with E-state index in [4.69, 9.17) is 4.74 Å². The van der Waals surface area contributed by atoms with Crippen LogP contribution in [0.4, 0.5) is 0 Å².